The number of benzene rings is 2. The second kappa shape index (κ2) is 6.16. The first-order valence-electron chi connectivity index (χ1n) is 7.47. The van der Waals surface area contributed by atoms with Crippen LogP contribution in [0.2, 0.25) is 0 Å². The van der Waals surface area contributed by atoms with Gasteiger partial charge < -0.3 is 13.7 Å². The van der Waals surface area contributed by atoms with Crippen LogP contribution in [0.25, 0.3) is 21.2 Å². The lowest BCUT2D eigenvalue weighted by Gasteiger charge is -1.98. The van der Waals surface area contributed by atoms with E-state index in [4.69, 9.17) is 9.15 Å². The zero-order chi connectivity index (χ0) is 17.6. The molecule has 0 saturated heterocycles. The van der Waals surface area contributed by atoms with E-state index in [-0.39, 0.29) is 5.76 Å². The zero-order valence-electron chi connectivity index (χ0n) is 13.4. The summed E-state index contributed by atoms with van der Waals surface area (Å²) in [5.41, 5.74) is 1.57. The van der Waals surface area contributed by atoms with Gasteiger partial charge in [-0.3, -0.25) is 4.79 Å². The molecule has 25 heavy (non-hydrogen) atoms. The molecule has 0 fully saturated rings. The third kappa shape index (κ3) is 2.79. The summed E-state index contributed by atoms with van der Waals surface area (Å²) >= 11 is 4.91. The summed E-state index contributed by atoms with van der Waals surface area (Å²) in [7, 11) is 3.46. The number of ether oxygens (including phenoxy) is 1. The number of methoxy groups -OCH3 is 1. The number of nitrogens with zero attached hydrogens (tertiary/aromatic N) is 2. The number of amides is 1. The minimum Gasteiger partial charge on any atom is -0.493 e. The summed E-state index contributed by atoms with van der Waals surface area (Å²) < 4.78 is 14.9. The van der Waals surface area contributed by atoms with Crippen molar-refractivity contribution in [3.05, 3.63) is 57.5 Å². The van der Waals surface area contributed by atoms with Crippen LogP contribution in [0.1, 0.15) is 10.6 Å². The fourth-order valence-electron chi connectivity index (χ4n) is 2.66. The minimum atomic E-state index is -0.417. The van der Waals surface area contributed by atoms with Crippen LogP contribution in [-0.4, -0.2) is 17.6 Å². The number of thiazole rings is 1. The maximum Gasteiger partial charge on any atom is 0.315 e. The monoisotopic (exact) mass is 416 g/mol. The highest BCUT2D eigenvalue weighted by Crippen LogP contribution is 2.28. The number of hydrogen-bond donors (Lipinski definition) is 0. The molecule has 2 aromatic heterocycles. The molecule has 2 aromatic carbocycles. The Morgan fingerprint density at radius 1 is 1.28 bits per heavy atom. The largest absolute Gasteiger partial charge is 0.493 e. The van der Waals surface area contributed by atoms with E-state index in [2.05, 4.69) is 20.9 Å². The zero-order valence-corrected chi connectivity index (χ0v) is 15.8. The van der Waals surface area contributed by atoms with E-state index in [9.17, 15) is 4.79 Å². The molecule has 0 radical (unpaired) electrons. The number of fused-ring (bicyclic) bond motifs is 2. The van der Waals surface area contributed by atoms with Gasteiger partial charge in [-0.2, -0.15) is 4.99 Å². The molecule has 0 aliphatic heterocycles. The van der Waals surface area contributed by atoms with Gasteiger partial charge in [0.2, 0.25) is 0 Å². The van der Waals surface area contributed by atoms with Crippen molar-refractivity contribution in [3.8, 4) is 5.75 Å². The van der Waals surface area contributed by atoms with Crippen molar-refractivity contribution in [2.45, 2.75) is 0 Å². The van der Waals surface area contributed by atoms with E-state index < -0.39 is 5.91 Å². The first-order chi connectivity index (χ1) is 12.1. The fraction of sp³-hybridized carbons (Fsp3) is 0.111. The molecule has 4 rings (SSSR count). The van der Waals surface area contributed by atoms with Crippen molar-refractivity contribution in [3.63, 3.8) is 0 Å². The Labute approximate surface area is 155 Å². The van der Waals surface area contributed by atoms with E-state index >= 15 is 0 Å². The Morgan fingerprint density at radius 2 is 2.12 bits per heavy atom. The normalized spacial score (nSPS) is 12.2. The van der Waals surface area contributed by atoms with Gasteiger partial charge in [0.1, 0.15) is 0 Å². The summed E-state index contributed by atoms with van der Waals surface area (Å²) in [6, 6.07) is 13.2. The van der Waals surface area contributed by atoms with Crippen LogP contribution in [0.5, 0.6) is 5.75 Å². The van der Waals surface area contributed by atoms with Crippen LogP contribution in [-0.2, 0) is 7.05 Å². The second-order valence-electron chi connectivity index (χ2n) is 5.46. The van der Waals surface area contributed by atoms with Crippen LogP contribution >= 0.6 is 27.3 Å². The number of hydrogen-bond acceptors (Lipinski definition) is 4. The van der Waals surface area contributed by atoms with Crippen LogP contribution in [0.3, 0.4) is 0 Å². The van der Waals surface area contributed by atoms with Crippen molar-refractivity contribution in [1.29, 1.82) is 0 Å². The highest BCUT2D eigenvalue weighted by atomic mass is 79.9. The van der Waals surface area contributed by atoms with E-state index in [1.54, 1.807) is 19.2 Å². The Balaban J connectivity index is 1.82. The molecule has 7 heteroatoms. The SMILES string of the molecule is COc1cccc2cc(C(=O)N=c3sc4cc(Br)ccc4n3C)oc12. The average molecular weight is 417 g/mol. The molecule has 4 aromatic rings. The minimum absolute atomic E-state index is 0.193. The number of carbonyl (C=O) groups is 1. The molecule has 0 N–H and O–H groups in total. The first-order valence-corrected chi connectivity index (χ1v) is 9.08. The standard InChI is InChI=1S/C18H13BrN2O3S/c1-21-12-7-6-11(19)9-15(12)25-18(21)20-17(22)14-8-10-4-3-5-13(23-2)16(10)24-14/h3-9H,1-2H3. The molecule has 0 bridgehead atoms. The van der Waals surface area contributed by atoms with Gasteiger partial charge in [0.15, 0.2) is 21.9 Å². The van der Waals surface area contributed by atoms with Crippen molar-refractivity contribution in [2.75, 3.05) is 7.11 Å². The molecule has 0 saturated carbocycles. The van der Waals surface area contributed by atoms with E-state index in [1.165, 1.54) is 11.3 Å². The Hall–Kier alpha value is -2.38. The number of para-hydroxylation sites is 1. The maximum atomic E-state index is 12.6. The van der Waals surface area contributed by atoms with Gasteiger partial charge in [0.25, 0.3) is 0 Å². The molecule has 2 heterocycles. The Bertz CT molecular complexity index is 1190. The maximum absolute atomic E-state index is 12.6. The summed E-state index contributed by atoms with van der Waals surface area (Å²) in [4.78, 5) is 17.4. The summed E-state index contributed by atoms with van der Waals surface area (Å²) in [5.74, 6) is 0.367. The van der Waals surface area contributed by atoms with Crippen LogP contribution in [0, 0.1) is 0 Å². The first kappa shape index (κ1) is 16.1. The molecule has 0 aliphatic carbocycles. The van der Waals surface area contributed by atoms with Gasteiger partial charge in [0, 0.05) is 16.9 Å². The van der Waals surface area contributed by atoms with Gasteiger partial charge in [-0.25, -0.2) is 0 Å². The Morgan fingerprint density at radius 3 is 2.92 bits per heavy atom. The number of rotatable bonds is 2. The summed E-state index contributed by atoms with van der Waals surface area (Å²) in [6.45, 7) is 0. The average Bonchev–Trinajstić information content (AvgIpc) is 3.16. The molecule has 0 unspecified atom stereocenters. The van der Waals surface area contributed by atoms with Gasteiger partial charge >= 0.3 is 5.91 Å². The molecule has 1 amide bonds. The van der Waals surface area contributed by atoms with Crippen molar-refractivity contribution >= 4 is 54.4 Å². The van der Waals surface area contributed by atoms with Crippen LogP contribution < -0.4 is 9.54 Å². The molecule has 0 aliphatic rings. The highest BCUT2D eigenvalue weighted by Gasteiger charge is 2.15. The number of halogens is 1. The van der Waals surface area contributed by atoms with Crippen LogP contribution in [0.4, 0.5) is 0 Å². The summed E-state index contributed by atoms with van der Waals surface area (Å²) in [6.07, 6.45) is 0. The number of furan rings is 1. The number of carbonyl (C=O) groups excluding carboxylic acids is 1. The number of aromatic nitrogens is 1. The van der Waals surface area contributed by atoms with E-state index in [0.29, 0.717) is 16.1 Å². The van der Waals surface area contributed by atoms with Gasteiger partial charge in [0.05, 0.1) is 17.3 Å². The lowest BCUT2D eigenvalue weighted by Crippen LogP contribution is -2.12. The third-order valence-corrected chi connectivity index (χ3v) is 5.50. The molecule has 5 nitrogen and oxygen atoms in total. The predicted molar refractivity (Wildman–Crippen MR) is 101 cm³/mol. The molecular weight excluding hydrogens is 404 g/mol. The lowest BCUT2D eigenvalue weighted by molar-refractivity contribution is 0.0973. The number of aryl methyl sites for hydroxylation is 1. The molecule has 126 valence electrons. The fourth-order valence-corrected chi connectivity index (χ4v) is 4.23. The highest BCUT2D eigenvalue weighted by molar-refractivity contribution is 9.10. The van der Waals surface area contributed by atoms with Crippen molar-refractivity contribution < 1.29 is 13.9 Å². The van der Waals surface area contributed by atoms with E-state index in [1.807, 2.05) is 41.9 Å². The van der Waals surface area contributed by atoms with Gasteiger partial charge in [-0.05, 0) is 30.3 Å². The second-order valence-corrected chi connectivity index (χ2v) is 7.39. The van der Waals surface area contributed by atoms with E-state index in [0.717, 1.165) is 20.1 Å². The third-order valence-electron chi connectivity index (χ3n) is 3.91. The molecular formula is C18H13BrN2O3S. The van der Waals surface area contributed by atoms with Crippen LogP contribution in [0.15, 0.2) is 56.3 Å². The predicted octanol–water partition coefficient (Wildman–Crippen LogP) is 4.50. The van der Waals surface area contributed by atoms with Gasteiger partial charge in [-0.15, -0.1) is 0 Å². The quantitative estimate of drug-likeness (QED) is 0.483. The molecule has 0 spiro atoms. The smallest absolute Gasteiger partial charge is 0.315 e. The summed E-state index contributed by atoms with van der Waals surface area (Å²) in [5, 5.41) is 0.808. The van der Waals surface area contributed by atoms with Gasteiger partial charge in [-0.1, -0.05) is 39.4 Å². The molecule has 0 atom stereocenters. The lowest BCUT2D eigenvalue weighted by atomic mass is 10.2. The topological polar surface area (TPSA) is 56.7 Å². The van der Waals surface area contributed by atoms with Crippen molar-refractivity contribution in [2.24, 2.45) is 12.0 Å². The van der Waals surface area contributed by atoms with Crippen molar-refractivity contribution in [1.82, 2.24) is 4.57 Å². The Kier molecular flexibility index (Phi) is 3.97.